The minimum absolute atomic E-state index is 0.0359. The SMILES string of the molecule is Nc1ccc(N=Nc2ccccc2S(=O)(=O)O)c(O)c1. The summed E-state index contributed by atoms with van der Waals surface area (Å²) in [6, 6.07) is 9.82. The van der Waals surface area contributed by atoms with Crippen LogP contribution in [0.3, 0.4) is 0 Å². The van der Waals surface area contributed by atoms with E-state index >= 15 is 0 Å². The van der Waals surface area contributed by atoms with Crippen LogP contribution < -0.4 is 5.73 Å². The summed E-state index contributed by atoms with van der Waals surface area (Å²) in [4.78, 5) is -0.362. The van der Waals surface area contributed by atoms with Crippen LogP contribution in [-0.2, 0) is 10.1 Å². The molecule has 2 rings (SSSR count). The van der Waals surface area contributed by atoms with Gasteiger partial charge >= 0.3 is 0 Å². The van der Waals surface area contributed by atoms with Gasteiger partial charge in [-0.15, -0.1) is 10.2 Å². The van der Waals surface area contributed by atoms with E-state index in [2.05, 4.69) is 10.2 Å². The Bertz CT molecular complexity index is 772. The zero-order chi connectivity index (χ0) is 14.8. The van der Waals surface area contributed by atoms with E-state index in [1.807, 2.05) is 0 Å². The average molecular weight is 293 g/mol. The molecule has 0 amide bonds. The van der Waals surface area contributed by atoms with Gasteiger partial charge in [-0.05, 0) is 24.3 Å². The van der Waals surface area contributed by atoms with Gasteiger partial charge in [0.1, 0.15) is 22.0 Å². The predicted octanol–water partition coefficient (Wildman–Crippen LogP) is 2.64. The smallest absolute Gasteiger partial charge is 0.296 e. The Labute approximate surface area is 115 Å². The number of nitrogens with two attached hydrogens (primary N) is 1. The molecule has 0 aromatic heterocycles. The number of benzene rings is 2. The number of phenols is 1. The molecule has 2 aromatic rings. The van der Waals surface area contributed by atoms with Crippen molar-refractivity contribution in [2.45, 2.75) is 4.90 Å². The second-order valence-corrected chi connectivity index (χ2v) is 5.28. The fourth-order valence-corrected chi connectivity index (χ4v) is 2.11. The molecule has 8 heteroatoms. The standard InChI is InChI=1S/C12H11N3O4S/c13-8-5-6-9(11(16)7-8)14-15-10-3-1-2-4-12(10)20(17,18)19/h1-7,16H,13H2,(H,17,18,19). The third-order valence-corrected chi connectivity index (χ3v) is 3.31. The molecule has 0 aliphatic rings. The quantitative estimate of drug-likeness (QED) is 0.455. The first-order chi connectivity index (χ1) is 9.38. The monoisotopic (exact) mass is 293 g/mol. The Morgan fingerprint density at radius 2 is 1.65 bits per heavy atom. The Hall–Kier alpha value is -2.45. The van der Waals surface area contributed by atoms with E-state index in [-0.39, 0.29) is 22.0 Å². The summed E-state index contributed by atoms with van der Waals surface area (Å²) in [5, 5.41) is 17.1. The van der Waals surface area contributed by atoms with Crippen LogP contribution in [0.1, 0.15) is 0 Å². The summed E-state index contributed by atoms with van der Waals surface area (Å²) in [6.45, 7) is 0. The molecule has 0 bridgehead atoms. The topological polar surface area (TPSA) is 125 Å². The van der Waals surface area contributed by atoms with Crippen molar-refractivity contribution in [1.29, 1.82) is 0 Å². The summed E-state index contributed by atoms with van der Waals surface area (Å²) in [5.74, 6) is -0.182. The van der Waals surface area contributed by atoms with Crippen LogP contribution in [-0.4, -0.2) is 18.1 Å². The Morgan fingerprint density at radius 3 is 2.30 bits per heavy atom. The number of nitrogen functional groups attached to an aromatic ring is 1. The van der Waals surface area contributed by atoms with E-state index in [1.54, 1.807) is 6.07 Å². The van der Waals surface area contributed by atoms with Crippen molar-refractivity contribution < 1.29 is 18.1 Å². The lowest BCUT2D eigenvalue weighted by molar-refractivity contribution is 0.476. The molecule has 0 unspecified atom stereocenters. The largest absolute Gasteiger partial charge is 0.506 e. The second-order valence-electron chi connectivity index (χ2n) is 3.89. The zero-order valence-electron chi connectivity index (χ0n) is 10.1. The van der Waals surface area contributed by atoms with Crippen LogP contribution in [0.5, 0.6) is 5.75 Å². The molecular weight excluding hydrogens is 282 g/mol. The molecule has 104 valence electrons. The molecule has 0 aliphatic carbocycles. The van der Waals surface area contributed by atoms with Crippen molar-refractivity contribution in [3.8, 4) is 5.75 Å². The highest BCUT2D eigenvalue weighted by Gasteiger charge is 2.14. The molecular formula is C12H11N3O4S. The van der Waals surface area contributed by atoms with E-state index in [0.717, 1.165) is 0 Å². The Kier molecular flexibility index (Phi) is 3.68. The summed E-state index contributed by atoms with van der Waals surface area (Å²) in [7, 11) is -4.39. The van der Waals surface area contributed by atoms with Gasteiger partial charge in [-0.2, -0.15) is 8.42 Å². The summed E-state index contributed by atoms with van der Waals surface area (Å²) >= 11 is 0. The van der Waals surface area contributed by atoms with Crippen LogP contribution in [0.4, 0.5) is 17.1 Å². The highest BCUT2D eigenvalue weighted by molar-refractivity contribution is 7.86. The van der Waals surface area contributed by atoms with Crippen LogP contribution >= 0.6 is 0 Å². The number of hydrogen-bond acceptors (Lipinski definition) is 6. The maximum Gasteiger partial charge on any atom is 0.296 e. The number of rotatable bonds is 3. The van der Waals surface area contributed by atoms with E-state index < -0.39 is 10.1 Å². The van der Waals surface area contributed by atoms with Gasteiger partial charge in [0.25, 0.3) is 10.1 Å². The highest BCUT2D eigenvalue weighted by atomic mass is 32.2. The lowest BCUT2D eigenvalue weighted by Gasteiger charge is -2.01. The zero-order valence-corrected chi connectivity index (χ0v) is 10.9. The van der Waals surface area contributed by atoms with Crippen molar-refractivity contribution >= 4 is 27.2 Å². The molecule has 20 heavy (non-hydrogen) atoms. The number of azo groups is 1. The van der Waals surface area contributed by atoms with Gasteiger partial charge in [0.05, 0.1) is 0 Å². The third-order valence-electron chi connectivity index (χ3n) is 2.41. The summed E-state index contributed by atoms with van der Waals surface area (Å²) in [5.41, 5.74) is 5.93. The van der Waals surface area contributed by atoms with Gasteiger partial charge in [0.15, 0.2) is 0 Å². The molecule has 0 atom stereocenters. The molecule has 0 saturated carbocycles. The van der Waals surface area contributed by atoms with Crippen LogP contribution in [0.15, 0.2) is 57.6 Å². The molecule has 0 aliphatic heterocycles. The lowest BCUT2D eigenvalue weighted by Crippen LogP contribution is -1.97. The van der Waals surface area contributed by atoms with Gasteiger partial charge in [-0.25, -0.2) is 0 Å². The molecule has 0 fully saturated rings. The Balaban J connectivity index is 2.42. The lowest BCUT2D eigenvalue weighted by atomic mass is 10.3. The van der Waals surface area contributed by atoms with Crippen LogP contribution in [0.2, 0.25) is 0 Å². The maximum absolute atomic E-state index is 11.2. The number of phenolic OH excluding ortho intramolecular Hbond substituents is 1. The number of hydrogen-bond donors (Lipinski definition) is 3. The summed E-state index contributed by atoms with van der Waals surface area (Å²) < 4.78 is 31.4. The predicted molar refractivity (Wildman–Crippen MR) is 73.0 cm³/mol. The molecule has 2 aromatic carbocycles. The van der Waals surface area contributed by atoms with Crippen molar-refractivity contribution in [3.05, 3.63) is 42.5 Å². The first kappa shape index (κ1) is 14.0. The van der Waals surface area contributed by atoms with Crippen molar-refractivity contribution in [2.75, 3.05) is 5.73 Å². The van der Waals surface area contributed by atoms with Gasteiger partial charge in [-0.1, -0.05) is 12.1 Å². The van der Waals surface area contributed by atoms with Crippen molar-refractivity contribution in [3.63, 3.8) is 0 Å². The molecule has 7 nitrogen and oxygen atoms in total. The van der Waals surface area contributed by atoms with E-state index in [4.69, 9.17) is 10.3 Å². The first-order valence-corrected chi connectivity index (χ1v) is 6.88. The van der Waals surface area contributed by atoms with Crippen molar-refractivity contribution in [2.24, 2.45) is 10.2 Å². The Morgan fingerprint density at radius 1 is 1.00 bits per heavy atom. The molecule has 4 N–H and O–H groups in total. The van der Waals surface area contributed by atoms with E-state index in [9.17, 15) is 13.5 Å². The molecule has 0 heterocycles. The number of nitrogens with zero attached hydrogens (tertiary/aromatic N) is 2. The third kappa shape index (κ3) is 3.11. The van der Waals surface area contributed by atoms with Gasteiger partial charge in [0, 0.05) is 11.8 Å². The second kappa shape index (κ2) is 5.27. The van der Waals surface area contributed by atoms with Crippen molar-refractivity contribution in [1.82, 2.24) is 0 Å². The molecule has 0 spiro atoms. The fraction of sp³-hybridized carbons (Fsp3) is 0. The number of anilines is 1. The first-order valence-electron chi connectivity index (χ1n) is 5.44. The minimum Gasteiger partial charge on any atom is -0.506 e. The van der Waals surface area contributed by atoms with Crippen LogP contribution in [0.25, 0.3) is 0 Å². The van der Waals surface area contributed by atoms with E-state index in [0.29, 0.717) is 5.69 Å². The average Bonchev–Trinajstić information content (AvgIpc) is 2.37. The molecule has 0 radical (unpaired) electrons. The van der Waals surface area contributed by atoms with Gasteiger partial charge in [-0.3, -0.25) is 4.55 Å². The summed E-state index contributed by atoms with van der Waals surface area (Å²) in [6.07, 6.45) is 0. The van der Waals surface area contributed by atoms with Gasteiger partial charge < -0.3 is 10.8 Å². The minimum atomic E-state index is -4.39. The highest BCUT2D eigenvalue weighted by Crippen LogP contribution is 2.31. The normalized spacial score (nSPS) is 11.8. The molecule has 0 saturated heterocycles. The van der Waals surface area contributed by atoms with Gasteiger partial charge in [0.2, 0.25) is 0 Å². The van der Waals surface area contributed by atoms with E-state index in [1.165, 1.54) is 36.4 Å². The fourth-order valence-electron chi connectivity index (χ4n) is 1.49. The number of aromatic hydroxyl groups is 1. The maximum atomic E-state index is 11.2. The van der Waals surface area contributed by atoms with Crippen LogP contribution in [0, 0.1) is 0 Å².